The van der Waals surface area contributed by atoms with Gasteiger partial charge in [0.15, 0.2) is 5.16 Å². The van der Waals surface area contributed by atoms with Crippen LogP contribution < -0.4 is 11.1 Å². The highest BCUT2D eigenvalue weighted by molar-refractivity contribution is 7.98. The molecule has 0 aliphatic carbocycles. The Hall–Kier alpha value is -2.50. The van der Waals surface area contributed by atoms with Gasteiger partial charge in [-0.05, 0) is 22.9 Å². The molecule has 0 bridgehead atoms. The topological polar surface area (TPSA) is 87.1 Å². The Bertz CT molecular complexity index is 1450. The van der Waals surface area contributed by atoms with E-state index >= 15 is 0 Å². The molecular formula is C16H12N6O2S3. The van der Waals surface area contributed by atoms with Crippen LogP contribution >= 0.6 is 34.4 Å². The summed E-state index contributed by atoms with van der Waals surface area (Å²) in [5, 5.41) is 12.8. The maximum absolute atomic E-state index is 12.5. The van der Waals surface area contributed by atoms with Gasteiger partial charge in [0.25, 0.3) is 11.1 Å². The van der Waals surface area contributed by atoms with Gasteiger partial charge in [-0.25, -0.2) is 4.98 Å². The molecule has 27 heavy (non-hydrogen) atoms. The van der Waals surface area contributed by atoms with Gasteiger partial charge in [0.2, 0.25) is 5.78 Å². The second kappa shape index (κ2) is 6.01. The fraction of sp³-hybridized carbons (Fsp3) is 0.188. The van der Waals surface area contributed by atoms with Crippen LogP contribution in [0.1, 0.15) is 5.82 Å². The van der Waals surface area contributed by atoms with E-state index in [4.69, 9.17) is 0 Å². The number of hydrogen-bond donors (Lipinski definition) is 0. The van der Waals surface area contributed by atoms with Crippen LogP contribution in [0, 0.1) is 0 Å². The lowest BCUT2D eigenvalue weighted by molar-refractivity contribution is 0.727. The van der Waals surface area contributed by atoms with E-state index < -0.39 is 0 Å². The van der Waals surface area contributed by atoms with Crippen LogP contribution in [-0.2, 0) is 19.8 Å². The highest BCUT2D eigenvalue weighted by Crippen LogP contribution is 2.25. The smallest absolute Gasteiger partial charge is 0.272 e. The molecule has 0 saturated heterocycles. The van der Waals surface area contributed by atoms with Crippen molar-refractivity contribution in [2.45, 2.75) is 10.9 Å². The summed E-state index contributed by atoms with van der Waals surface area (Å²) < 4.78 is 6.28. The first-order chi connectivity index (χ1) is 13.1. The molecule has 0 unspecified atom stereocenters. The number of aryl methyl sites for hydroxylation is 1. The molecule has 0 fully saturated rings. The molecule has 0 saturated carbocycles. The predicted octanol–water partition coefficient (Wildman–Crippen LogP) is 2.24. The lowest BCUT2D eigenvalue weighted by atomic mass is 10.4. The fourth-order valence-electron chi connectivity index (χ4n) is 2.97. The molecular weight excluding hydrogens is 404 g/mol. The Morgan fingerprint density at radius 2 is 1.74 bits per heavy atom. The van der Waals surface area contributed by atoms with Crippen LogP contribution in [0.25, 0.3) is 26.2 Å². The molecule has 5 rings (SSSR count). The van der Waals surface area contributed by atoms with Crippen LogP contribution in [0.2, 0.25) is 0 Å². The van der Waals surface area contributed by atoms with E-state index in [0.29, 0.717) is 37.4 Å². The number of hydrogen-bond acceptors (Lipinski definition) is 8. The van der Waals surface area contributed by atoms with E-state index in [2.05, 4.69) is 15.2 Å². The van der Waals surface area contributed by atoms with Gasteiger partial charge in [-0.2, -0.15) is 0 Å². The standard InChI is InChI=1S/C16H12N6O2S3/c1-20-14(24)12-9(4-6-26-12)22-10(18-19-15(20)22)7-27-16-17-8-3-5-25-11(8)13(23)21(16)2/h3-6H,7H2,1-2H3. The first-order valence-corrected chi connectivity index (χ1v) is 10.7. The van der Waals surface area contributed by atoms with Gasteiger partial charge in [0.05, 0.1) is 16.8 Å². The molecule has 136 valence electrons. The van der Waals surface area contributed by atoms with Gasteiger partial charge in [-0.1, -0.05) is 11.8 Å². The van der Waals surface area contributed by atoms with E-state index in [1.165, 1.54) is 39.0 Å². The van der Waals surface area contributed by atoms with Crippen molar-refractivity contribution in [1.82, 2.24) is 28.7 Å². The van der Waals surface area contributed by atoms with E-state index in [-0.39, 0.29) is 11.1 Å². The Morgan fingerprint density at radius 1 is 1.00 bits per heavy atom. The van der Waals surface area contributed by atoms with Crippen molar-refractivity contribution < 1.29 is 0 Å². The number of thiophene rings is 2. The average Bonchev–Trinajstić information content (AvgIpc) is 3.39. The van der Waals surface area contributed by atoms with Crippen LogP contribution in [0.4, 0.5) is 0 Å². The lowest BCUT2D eigenvalue weighted by Gasteiger charge is -2.07. The van der Waals surface area contributed by atoms with Gasteiger partial charge in [0.1, 0.15) is 15.2 Å². The van der Waals surface area contributed by atoms with Gasteiger partial charge >= 0.3 is 0 Å². The number of nitrogens with zero attached hydrogens (tertiary/aromatic N) is 6. The van der Waals surface area contributed by atoms with E-state index in [9.17, 15) is 9.59 Å². The molecule has 0 aliphatic heterocycles. The first kappa shape index (κ1) is 16.7. The Labute approximate surface area is 163 Å². The first-order valence-electron chi connectivity index (χ1n) is 7.93. The summed E-state index contributed by atoms with van der Waals surface area (Å²) in [7, 11) is 3.41. The summed E-state index contributed by atoms with van der Waals surface area (Å²) >= 11 is 4.22. The second-order valence-corrected chi connectivity index (χ2v) is 8.71. The van der Waals surface area contributed by atoms with Gasteiger partial charge in [-0.15, -0.1) is 32.9 Å². The van der Waals surface area contributed by atoms with Crippen molar-refractivity contribution in [3.05, 3.63) is 49.4 Å². The third-order valence-electron chi connectivity index (χ3n) is 4.37. The summed E-state index contributed by atoms with van der Waals surface area (Å²) in [5.74, 6) is 1.67. The molecule has 5 aromatic rings. The highest BCUT2D eigenvalue weighted by atomic mass is 32.2. The zero-order valence-corrected chi connectivity index (χ0v) is 16.7. The lowest BCUT2D eigenvalue weighted by Crippen LogP contribution is -2.19. The molecule has 0 atom stereocenters. The number of aromatic nitrogens is 6. The van der Waals surface area contributed by atoms with E-state index in [1.54, 1.807) is 18.7 Å². The van der Waals surface area contributed by atoms with Crippen molar-refractivity contribution in [2.24, 2.45) is 14.1 Å². The minimum absolute atomic E-state index is 0.0498. The molecule has 0 amide bonds. The SMILES string of the molecule is Cn1c(SCc2nnc3n(C)c(=O)c4sccc4n23)nc2ccsc2c1=O. The van der Waals surface area contributed by atoms with Crippen molar-refractivity contribution in [2.75, 3.05) is 0 Å². The number of rotatable bonds is 3. The monoisotopic (exact) mass is 416 g/mol. The van der Waals surface area contributed by atoms with Gasteiger partial charge in [-0.3, -0.25) is 23.1 Å². The van der Waals surface area contributed by atoms with Crippen molar-refractivity contribution >= 4 is 60.6 Å². The van der Waals surface area contributed by atoms with Crippen LogP contribution in [-0.4, -0.2) is 28.7 Å². The molecule has 0 aliphatic rings. The largest absolute Gasteiger partial charge is 0.290 e. The maximum Gasteiger partial charge on any atom is 0.272 e. The molecule has 8 nitrogen and oxygen atoms in total. The molecule has 5 aromatic heterocycles. The van der Waals surface area contributed by atoms with Gasteiger partial charge < -0.3 is 0 Å². The summed E-state index contributed by atoms with van der Waals surface area (Å²) in [6.45, 7) is 0. The molecule has 0 radical (unpaired) electrons. The van der Waals surface area contributed by atoms with Gasteiger partial charge in [0, 0.05) is 14.1 Å². The third kappa shape index (κ3) is 2.38. The summed E-state index contributed by atoms with van der Waals surface area (Å²) in [6.07, 6.45) is 0. The Balaban J connectivity index is 1.61. The summed E-state index contributed by atoms with van der Waals surface area (Å²) in [5.41, 5.74) is 1.38. The minimum atomic E-state index is -0.0777. The Kier molecular flexibility index (Phi) is 3.71. The second-order valence-electron chi connectivity index (χ2n) is 5.93. The van der Waals surface area contributed by atoms with Crippen molar-refractivity contribution in [3.8, 4) is 0 Å². The summed E-state index contributed by atoms with van der Waals surface area (Å²) in [6, 6.07) is 3.75. The van der Waals surface area contributed by atoms with Crippen LogP contribution in [0.5, 0.6) is 0 Å². The maximum atomic E-state index is 12.5. The van der Waals surface area contributed by atoms with E-state index in [1.807, 2.05) is 27.3 Å². The zero-order chi connectivity index (χ0) is 18.7. The summed E-state index contributed by atoms with van der Waals surface area (Å²) in [4.78, 5) is 29.5. The molecule has 0 aromatic carbocycles. The van der Waals surface area contributed by atoms with E-state index in [0.717, 1.165) is 5.52 Å². The van der Waals surface area contributed by atoms with Crippen LogP contribution in [0.15, 0.2) is 37.6 Å². The highest BCUT2D eigenvalue weighted by Gasteiger charge is 2.17. The number of thioether (sulfide) groups is 1. The molecule has 0 spiro atoms. The third-order valence-corrected chi connectivity index (χ3v) is 7.18. The normalized spacial score (nSPS) is 11.9. The molecule has 5 heterocycles. The average molecular weight is 417 g/mol. The zero-order valence-electron chi connectivity index (χ0n) is 14.2. The fourth-order valence-corrected chi connectivity index (χ4v) is 5.51. The predicted molar refractivity (Wildman–Crippen MR) is 108 cm³/mol. The molecule has 11 heteroatoms. The van der Waals surface area contributed by atoms with Crippen molar-refractivity contribution in [1.29, 1.82) is 0 Å². The van der Waals surface area contributed by atoms with Crippen molar-refractivity contribution in [3.63, 3.8) is 0 Å². The minimum Gasteiger partial charge on any atom is -0.290 e. The quantitative estimate of drug-likeness (QED) is 0.331. The van der Waals surface area contributed by atoms with Crippen LogP contribution in [0.3, 0.4) is 0 Å². The Morgan fingerprint density at radius 3 is 2.59 bits per heavy atom. The number of fused-ring (bicyclic) bond motifs is 4. The molecule has 0 N–H and O–H groups in total.